The van der Waals surface area contributed by atoms with Crippen LogP contribution >= 0.6 is 0 Å². The minimum Gasteiger partial charge on any atom is -0.550 e. The molecule has 0 rings (SSSR count). The van der Waals surface area contributed by atoms with Gasteiger partial charge >= 0.3 is 17.1 Å². The largest absolute Gasteiger partial charge is 3.00 e. The van der Waals surface area contributed by atoms with Gasteiger partial charge in [-0.05, 0) is 27.7 Å². The van der Waals surface area contributed by atoms with Crippen LogP contribution in [0.25, 0.3) is 0 Å². The monoisotopic (exact) mass is 491 g/mol. The Morgan fingerprint density at radius 2 is 0.800 bits per heavy atom. The molecule has 0 atom stereocenters. The van der Waals surface area contributed by atoms with E-state index in [2.05, 4.69) is 5.32 Å². The van der Waals surface area contributed by atoms with Gasteiger partial charge in [-0.2, -0.15) is 0 Å². The standard InChI is InChI=1S/C4H13N3.5C2H4O2.Fe.H3N.H2O/c5-1-3-7-4-2-6;5*1-2(3)4;;;/h7H,1-6H2;5*1H3,(H,3,4);;1H3;1H2/q;;;;;;+3;;/p-3. The molecule has 0 bridgehead atoms. The van der Waals surface area contributed by atoms with Crippen molar-refractivity contribution in [2.24, 2.45) is 11.5 Å². The van der Waals surface area contributed by atoms with Crippen LogP contribution in [0.1, 0.15) is 34.6 Å². The van der Waals surface area contributed by atoms with Crippen molar-refractivity contribution >= 4 is 29.8 Å². The Balaban J connectivity index is -0.0000000251. The molecule has 0 unspecified atom stereocenters. The Kier molecular flexibility index (Phi) is 106. The molecule has 0 heterocycles. The van der Waals surface area contributed by atoms with E-state index in [1.807, 2.05) is 0 Å². The van der Waals surface area contributed by atoms with Crippen LogP contribution in [0.5, 0.6) is 0 Å². The molecule has 0 aromatic heterocycles. The van der Waals surface area contributed by atoms with Crippen molar-refractivity contribution in [2.75, 3.05) is 26.2 Å². The SMILES string of the molecule is CC(=O)O.CC(=O)[O-].CC(=O)[O-].CC(=O)[O-].CC(=O)[O-].NCCNCCN.O.[Fe+3].[NH4+]. The minimum atomic E-state index is -1.08. The number of carboxylic acid groups (broad SMARTS) is 5. The van der Waals surface area contributed by atoms with E-state index in [-0.39, 0.29) is 28.7 Å². The number of hydrogen-bond donors (Lipinski definition) is 5. The fraction of sp³-hybridized carbons (Fsp3) is 0.643. The topological polar surface area (TPSA) is 330 Å². The Labute approximate surface area is 186 Å². The molecule has 1 radical (unpaired) electrons. The summed E-state index contributed by atoms with van der Waals surface area (Å²) < 4.78 is 0. The predicted molar refractivity (Wildman–Crippen MR) is 96.6 cm³/mol. The number of hydrogen-bond acceptors (Lipinski definition) is 12. The third-order valence-electron chi connectivity index (χ3n) is 0.642. The molecule has 0 aliphatic rings. The molecule has 16 heteroatoms. The molecule has 0 aliphatic heterocycles. The van der Waals surface area contributed by atoms with Crippen LogP contribution in [0.2, 0.25) is 0 Å². The molecular formula is C14H35FeN4O11. The maximum atomic E-state index is 9.00. The van der Waals surface area contributed by atoms with E-state index in [0.29, 0.717) is 13.1 Å². The fourth-order valence-electron chi connectivity index (χ4n) is 0.329. The van der Waals surface area contributed by atoms with E-state index in [9.17, 15) is 0 Å². The van der Waals surface area contributed by atoms with Crippen molar-refractivity contribution in [2.45, 2.75) is 34.6 Å². The second kappa shape index (κ2) is 56.3. The van der Waals surface area contributed by atoms with Crippen molar-refractivity contribution in [1.82, 2.24) is 11.5 Å². The average molecular weight is 491 g/mol. The van der Waals surface area contributed by atoms with Crippen LogP contribution in [0, 0.1) is 0 Å². The molecule has 0 aliphatic carbocycles. The maximum Gasteiger partial charge on any atom is 3.00 e. The first kappa shape index (κ1) is 56.5. The van der Waals surface area contributed by atoms with E-state index in [0.717, 1.165) is 47.7 Å². The molecule has 0 fully saturated rings. The van der Waals surface area contributed by atoms with Gasteiger partial charge in [-0.25, -0.2) is 0 Å². The molecule has 15 nitrogen and oxygen atoms in total. The maximum absolute atomic E-state index is 9.00. The van der Waals surface area contributed by atoms with E-state index < -0.39 is 29.8 Å². The number of quaternary nitrogens is 1. The van der Waals surface area contributed by atoms with E-state index in [4.69, 9.17) is 61.0 Å². The number of rotatable bonds is 4. The summed E-state index contributed by atoms with van der Waals surface area (Å²) in [7, 11) is 0. The van der Waals surface area contributed by atoms with Crippen molar-refractivity contribution in [3.8, 4) is 0 Å². The summed E-state index contributed by atoms with van der Waals surface area (Å²) in [6, 6.07) is 0. The molecule has 0 saturated heterocycles. The first-order valence-electron chi connectivity index (χ1n) is 7.08. The van der Waals surface area contributed by atoms with Crippen LogP contribution in [0.15, 0.2) is 0 Å². The van der Waals surface area contributed by atoms with Crippen molar-refractivity contribution < 1.29 is 72.1 Å². The summed E-state index contributed by atoms with van der Waals surface area (Å²) in [5.74, 6) is -5.17. The number of carbonyl (C=O) groups excluding carboxylic acids is 4. The normalized spacial score (nSPS) is 6.37. The second-order valence-corrected chi connectivity index (χ2v) is 3.81. The van der Waals surface area contributed by atoms with Crippen LogP contribution in [-0.4, -0.2) is 66.6 Å². The zero-order chi connectivity index (χ0) is 23.4. The van der Waals surface area contributed by atoms with Gasteiger partial charge in [0.1, 0.15) is 0 Å². The first-order chi connectivity index (χ1) is 12.1. The molecule has 0 saturated carbocycles. The molecule has 0 amide bonds. The Bertz CT molecular complexity index is 293. The summed E-state index contributed by atoms with van der Waals surface area (Å²) in [5.41, 5.74) is 10.3. The van der Waals surface area contributed by atoms with Crippen LogP contribution in [0.4, 0.5) is 0 Å². The Morgan fingerprint density at radius 3 is 0.867 bits per heavy atom. The molecule has 0 aromatic rings. The van der Waals surface area contributed by atoms with Gasteiger partial charge in [0.15, 0.2) is 0 Å². The molecule has 0 aromatic carbocycles. The minimum absolute atomic E-state index is 0. The third-order valence-corrected chi connectivity index (χ3v) is 0.642. The number of carbonyl (C=O) groups is 5. The van der Waals surface area contributed by atoms with Gasteiger partial charge in [0, 0.05) is 57.0 Å². The summed E-state index contributed by atoms with van der Waals surface area (Å²) in [6.07, 6.45) is 0. The number of carboxylic acids is 5. The van der Waals surface area contributed by atoms with E-state index in [1.54, 1.807) is 0 Å². The van der Waals surface area contributed by atoms with Crippen molar-refractivity contribution in [3.63, 3.8) is 0 Å². The molecule has 12 N–H and O–H groups in total. The number of aliphatic carboxylic acids is 5. The molecular weight excluding hydrogens is 456 g/mol. The number of nitrogens with one attached hydrogen (secondary N) is 1. The number of nitrogens with two attached hydrogens (primary N) is 2. The Hall–Kier alpha value is -2.33. The van der Waals surface area contributed by atoms with Crippen LogP contribution < -0.4 is 43.4 Å². The summed E-state index contributed by atoms with van der Waals surface area (Å²) >= 11 is 0. The molecule has 185 valence electrons. The zero-order valence-corrected chi connectivity index (χ0v) is 19.1. The smallest absolute Gasteiger partial charge is 0.550 e. The average Bonchev–Trinajstić information content (AvgIpc) is 2.35. The van der Waals surface area contributed by atoms with Gasteiger partial charge < -0.3 is 73.1 Å². The molecule has 0 spiro atoms. The third kappa shape index (κ3) is 5600. The van der Waals surface area contributed by atoms with Gasteiger partial charge in [-0.3, -0.25) is 4.79 Å². The second-order valence-electron chi connectivity index (χ2n) is 3.81. The van der Waals surface area contributed by atoms with Gasteiger partial charge in [-0.1, -0.05) is 0 Å². The van der Waals surface area contributed by atoms with Gasteiger partial charge in [-0.15, -0.1) is 0 Å². The van der Waals surface area contributed by atoms with Gasteiger partial charge in [0.25, 0.3) is 5.97 Å². The van der Waals surface area contributed by atoms with Crippen LogP contribution in [-0.2, 0) is 41.0 Å². The first-order valence-corrected chi connectivity index (χ1v) is 7.08. The predicted octanol–water partition coefficient (Wildman–Crippen LogP) is -6.84. The summed E-state index contributed by atoms with van der Waals surface area (Å²) in [5, 5.41) is 46.0. The summed E-state index contributed by atoms with van der Waals surface area (Å²) in [6.45, 7) is 8.11. The van der Waals surface area contributed by atoms with Crippen molar-refractivity contribution in [1.29, 1.82) is 0 Å². The summed E-state index contributed by atoms with van der Waals surface area (Å²) in [4.78, 5) is 44.6. The van der Waals surface area contributed by atoms with E-state index in [1.165, 1.54) is 0 Å². The van der Waals surface area contributed by atoms with E-state index >= 15 is 0 Å². The quantitative estimate of drug-likeness (QED) is 0.180. The van der Waals surface area contributed by atoms with Crippen LogP contribution in [0.3, 0.4) is 0 Å². The molecule has 30 heavy (non-hydrogen) atoms. The fourth-order valence-corrected chi connectivity index (χ4v) is 0.329. The van der Waals surface area contributed by atoms with Gasteiger partial charge in [0.05, 0.1) is 0 Å². The zero-order valence-electron chi connectivity index (χ0n) is 18.0. The van der Waals surface area contributed by atoms with Gasteiger partial charge in [0.2, 0.25) is 0 Å². The van der Waals surface area contributed by atoms with Crippen molar-refractivity contribution in [3.05, 3.63) is 0 Å². The Morgan fingerprint density at radius 1 is 0.700 bits per heavy atom.